The Balaban J connectivity index is 1.37. The van der Waals surface area contributed by atoms with Gasteiger partial charge in [-0.25, -0.2) is 0 Å². The third-order valence-corrected chi connectivity index (χ3v) is 5.63. The molecule has 0 aliphatic heterocycles. The molecule has 29 heavy (non-hydrogen) atoms. The fraction of sp³-hybridized carbons (Fsp3) is 0.407. The molecule has 2 aromatic carbocycles. The Morgan fingerprint density at radius 1 is 0.966 bits per heavy atom. The van der Waals surface area contributed by atoms with Crippen molar-refractivity contribution in [1.29, 1.82) is 0 Å². The molecule has 0 amide bonds. The normalized spacial score (nSPS) is 19.3. The Morgan fingerprint density at radius 3 is 2.38 bits per heavy atom. The number of benzene rings is 2. The summed E-state index contributed by atoms with van der Waals surface area (Å²) in [7, 11) is 0. The van der Waals surface area contributed by atoms with Crippen molar-refractivity contribution in [2.24, 2.45) is 5.92 Å². The number of hydrogen-bond acceptors (Lipinski definition) is 2. The van der Waals surface area contributed by atoms with Crippen LogP contribution in [0.5, 0.6) is 5.75 Å². The zero-order chi connectivity index (χ0) is 20.3. The van der Waals surface area contributed by atoms with E-state index in [0.717, 1.165) is 23.7 Å². The molecule has 0 N–H and O–H groups in total. The smallest absolute Gasteiger partial charge is 0.119 e. The highest BCUT2D eigenvalue weighted by atomic mass is 16.5. The largest absolute Gasteiger partial charge is 0.489 e. The van der Waals surface area contributed by atoms with Crippen molar-refractivity contribution in [3.63, 3.8) is 0 Å². The van der Waals surface area contributed by atoms with Crippen LogP contribution >= 0.6 is 0 Å². The van der Waals surface area contributed by atoms with Gasteiger partial charge in [0.05, 0.1) is 13.2 Å². The standard InChI is InChI=1S/C27H34O2/c1-3-4-8-23-11-13-25(14-12-23)26-15-17-27(18-16-26)29-20-22(2)19-28-21-24-9-6-5-7-10-24/h4-10,15-18,23,25H,2-3,11-14,19-21H2,1H3. The lowest BCUT2D eigenvalue weighted by atomic mass is 9.78. The summed E-state index contributed by atoms with van der Waals surface area (Å²) >= 11 is 0. The predicted molar refractivity (Wildman–Crippen MR) is 121 cm³/mol. The molecule has 2 nitrogen and oxygen atoms in total. The summed E-state index contributed by atoms with van der Waals surface area (Å²) in [4.78, 5) is 0. The van der Waals surface area contributed by atoms with Gasteiger partial charge in [-0.05, 0) is 72.8 Å². The van der Waals surface area contributed by atoms with Gasteiger partial charge in [0.1, 0.15) is 12.4 Å². The molecule has 0 aromatic heterocycles. The number of allylic oxidation sites excluding steroid dienone is 2. The second-order valence-corrected chi connectivity index (χ2v) is 8.03. The summed E-state index contributed by atoms with van der Waals surface area (Å²) in [6.07, 6.45) is 11.1. The van der Waals surface area contributed by atoms with Crippen LogP contribution in [-0.4, -0.2) is 13.2 Å². The van der Waals surface area contributed by atoms with Crippen molar-refractivity contribution < 1.29 is 9.47 Å². The van der Waals surface area contributed by atoms with E-state index in [9.17, 15) is 0 Å². The van der Waals surface area contributed by atoms with Crippen LogP contribution in [0.15, 0.2) is 78.9 Å². The quantitative estimate of drug-likeness (QED) is 0.404. The van der Waals surface area contributed by atoms with Crippen molar-refractivity contribution in [3.8, 4) is 5.75 Å². The van der Waals surface area contributed by atoms with E-state index in [-0.39, 0.29) is 0 Å². The van der Waals surface area contributed by atoms with Crippen LogP contribution in [0.1, 0.15) is 56.1 Å². The van der Waals surface area contributed by atoms with Crippen molar-refractivity contribution >= 4 is 0 Å². The van der Waals surface area contributed by atoms with E-state index < -0.39 is 0 Å². The minimum absolute atomic E-state index is 0.489. The molecule has 1 saturated carbocycles. The van der Waals surface area contributed by atoms with Crippen LogP contribution in [0.2, 0.25) is 0 Å². The summed E-state index contributed by atoms with van der Waals surface area (Å²) in [5, 5.41) is 0. The maximum Gasteiger partial charge on any atom is 0.119 e. The van der Waals surface area contributed by atoms with Crippen LogP contribution in [0, 0.1) is 5.92 Å². The van der Waals surface area contributed by atoms with Crippen LogP contribution in [0.3, 0.4) is 0 Å². The molecule has 2 heteroatoms. The number of rotatable bonds is 10. The van der Waals surface area contributed by atoms with Crippen LogP contribution in [0.25, 0.3) is 0 Å². The first-order valence-electron chi connectivity index (χ1n) is 10.9. The van der Waals surface area contributed by atoms with Gasteiger partial charge in [-0.1, -0.05) is 68.1 Å². The zero-order valence-corrected chi connectivity index (χ0v) is 17.7. The molecule has 3 rings (SSSR count). The van der Waals surface area contributed by atoms with Gasteiger partial charge >= 0.3 is 0 Å². The van der Waals surface area contributed by atoms with E-state index in [1.54, 1.807) is 0 Å². The van der Waals surface area contributed by atoms with E-state index >= 15 is 0 Å². The topological polar surface area (TPSA) is 18.5 Å². The molecule has 0 atom stereocenters. The van der Waals surface area contributed by atoms with E-state index in [4.69, 9.17) is 9.47 Å². The lowest BCUT2D eigenvalue weighted by Crippen LogP contribution is -2.11. The van der Waals surface area contributed by atoms with Crippen molar-refractivity contribution in [3.05, 3.63) is 90.0 Å². The maximum atomic E-state index is 5.89. The van der Waals surface area contributed by atoms with E-state index in [1.807, 2.05) is 18.2 Å². The third-order valence-electron chi connectivity index (χ3n) is 5.63. The molecular weight excluding hydrogens is 356 g/mol. The monoisotopic (exact) mass is 390 g/mol. The molecule has 1 aliphatic carbocycles. The third kappa shape index (κ3) is 7.21. The van der Waals surface area contributed by atoms with Gasteiger partial charge in [-0.15, -0.1) is 0 Å². The van der Waals surface area contributed by atoms with Crippen molar-refractivity contribution in [2.45, 2.75) is 51.6 Å². The van der Waals surface area contributed by atoms with Gasteiger partial charge in [-0.3, -0.25) is 0 Å². The van der Waals surface area contributed by atoms with Crippen LogP contribution in [0.4, 0.5) is 0 Å². The lowest BCUT2D eigenvalue weighted by Gasteiger charge is -2.27. The Kier molecular flexibility index (Phi) is 8.58. The summed E-state index contributed by atoms with van der Waals surface area (Å²) in [5.74, 6) is 2.37. The molecule has 0 bridgehead atoms. The van der Waals surface area contributed by atoms with Gasteiger partial charge in [0.25, 0.3) is 0 Å². The number of ether oxygens (including phenoxy) is 2. The van der Waals surface area contributed by atoms with Gasteiger partial charge in [0.2, 0.25) is 0 Å². The van der Waals surface area contributed by atoms with E-state index in [0.29, 0.717) is 25.7 Å². The van der Waals surface area contributed by atoms with E-state index in [1.165, 1.54) is 36.8 Å². The minimum Gasteiger partial charge on any atom is -0.489 e. The van der Waals surface area contributed by atoms with Gasteiger partial charge in [0, 0.05) is 0 Å². The molecule has 0 heterocycles. The van der Waals surface area contributed by atoms with Gasteiger partial charge in [0.15, 0.2) is 0 Å². The first kappa shape index (κ1) is 21.4. The summed E-state index contributed by atoms with van der Waals surface area (Å²) in [6, 6.07) is 18.8. The molecule has 154 valence electrons. The Labute approximate surface area is 176 Å². The summed E-state index contributed by atoms with van der Waals surface area (Å²) in [6.45, 7) is 7.88. The Hall–Kier alpha value is -2.32. The maximum absolute atomic E-state index is 5.89. The zero-order valence-electron chi connectivity index (χ0n) is 17.7. The highest BCUT2D eigenvalue weighted by molar-refractivity contribution is 5.30. The molecule has 0 radical (unpaired) electrons. The molecule has 1 aliphatic rings. The molecule has 2 aromatic rings. The first-order valence-corrected chi connectivity index (χ1v) is 10.9. The van der Waals surface area contributed by atoms with E-state index in [2.05, 4.69) is 62.1 Å². The van der Waals surface area contributed by atoms with Crippen molar-refractivity contribution in [1.82, 2.24) is 0 Å². The Bertz CT molecular complexity index is 753. The SMILES string of the molecule is C=C(COCc1ccccc1)COc1ccc(C2CCC(C=CCC)CC2)cc1. The van der Waals surface area contributed by atoms with Crippen LogP contribution < -0.4 is 4.74 Å². The highest BCUT2D eigenvalue weighted by Crippen LogP contribution is 2.36. The molecular formula is C27H34O2. The highest BCUT2D eigenvalue weighted by Gasteiger charge is 2.20. The lowest BCUT2D eigenvalue weighted by molar-refractivity contribution is 0.136. The number of hydrogen-bond donors (Lipinski definition) is 0. The average Bonchev–Trinajstić information content (AvgIpc) is 2.78. The fourth-order valence-electron chi connectivity index (χ4n) is 3.92. The molecule has 0 saturated heterocycles. The van der Waals surface area contributed by atoms with Crippen molar-refractivity contribution in [2.75, 3.05) is 13.2 Å². The predicted octanol–water partition coefficient (Wildman–Crippen LogP) is 7.08. The molecule has 0 spiro atoms. The van der Waals surface area contributed by atoms with Crippen LogP contribution in [-0.2, 0) is 11.3 Å². The fourth-order valence-corrected chi connectivity index (χ4v) is 3.92. The van der Waals surface area contributed by atoms with Gasteiger partial charge < -0.3 is 9.47 Å². The Morgan fingerprint density at radius 2 is 1.69 bits per heavy atom. The second-order valence-electron chi connectivity index (χ2n) is 8.03. The average molecular weight is 391 g/mol. The second kappa shape index (κ2) is 11.6. The molecule has 0 unspecified atom stereocenters. The first-order chi connectivity index (χ1) is 14.2. The minimum atomic E-state index is 0.489. The summed E-state index contributed by atoms with van der Waals surface area (Å²) < 4.78 is 11.6. The molecule has 1 fully saturated rings. The van der Waals surface area contributed by atoms with Gasteiger partial charge in [-0.2, -0.15) is 0 Å². The summed E-state index contributed by atoms with van der Waals surface area (Å²) in [5.41, 5.74) is 3.57.